The monoisotopic (exact) mass is 205 g/mol. The quantitative estimate of drug-likeness (QED) is 0.662. The summed E-state index contributed by atoms with van der Waals surface area (Å²) in [5, 5.41) is 0. The van der Waals surface area contributed by atoms with Crippen molar-refractivity contribution in [2.45, 2.75) is 45.4 Å². The molecule has 0 heterocycles. The molecule has 1 rings (SSSR count). The first-order valence-corrected chi connectivity index (χ1v) is 5.73. The first-order valence-electron chi connectivity index (χ1n) is 6.30. The highest BCUT2D eigenvalue weighted by Crippen LogP contribution is 2.06. The number of unbranched alkanes of at least 4 members (excludes halogenated alkanes) is 1. The van der Waals surface area contributed by atoms with Gasteiger partial charge in [0.15, 0.2) is 0 Å². The van der Waals surface area contributed by atoms with Gasteiger partial charge in [-0.25, -0.2) is 0 Å². The minimum atomic E-state index is -0.510. The average molecular weight is 205 g/mol. The van der Waals surface area contributed by atoms with Crippen molar-refractivity contribution in [2.24, 2.45) is 0 Å². The molecule has 0 N–H and O–H groups in total. The summed E-state index contributed by atoms with van der Waals surface area (Å²) >= 11 is 0. The number of rotatable bonds is 7. The molecule has 1 nitrogen and oxygen atoms in total. The molecule has 1 atom stereocenters. The van der Waals surface area contributed by atoms with Gasteiger partial charge >= 0.3 is 0 Å². The molecule has 15 heavy (non-hydrogen) atoms. The summed E-state index contributed by atoms with van der Waals surface area (Å²) in [6.07, 6.45) is 3.50. The summed E-state index contributed by atoms with van der Waals surface area (Å²) < 4.78 is 7.70. The Morgan fingerprint density at radius 3 is 2.67 bits per heavy atom. The van der Waals surface area contributed by atoms with Gasteiger partial charge in [0, 0.05) is 14.2 Å². The lowest BCUT2D eigenvalue weighted by molar-refractivity contribution is -0.119. The zero-order valence-corrected chi connectivity index (χ0v) is 9.41. The van der Waals surface area contributed by atoms with Crippen LogP contribution >= 0.6 is 0 Å². The number of carbonyl (C=O) groups is 1. The first kappa shape index (κ1) is 10.4. The van der Waals surface area contributed by atoms with Crippen molar-refractivity contribution in [1.82, 2.24) is 0 Å². The Balaban J connectivity index is 2.29. The molecule has 0 fully saturated rings. The van der Waals surface area contributed by atoms with Gasteiger partial charge in [0.1, 0.15) is 5.78 Å². The van der Waals surface area contributed by atoms with E-state index in [4.69, 9.17) is 1.37 Å². The van der Waals surface area contributed by atoms with Crippen molar-refractivity contribution in [2.75, 3.05) is 0 Å². The maximum atomic E-state index is 11.6. The van der Waals surface area contributed by atoms with Crippen molar-refractivity contribution in [3.63, 3.8) is 0 Å². The molecule has 1 unspecified atom stereocenters. The van der Waals surface area contributed by atoms with Crippen molar-refractivity contribution in [1.29, 1.82) is 0 Å². The minimum absolute atomic E-state index is 0.0808. The third kappa shape index (κ3) is 5.36. The molecular weight excluding hydrogens is 184 g/mol. The lowest BCUT2D eigenvalue weighted by atomic mass is 10.0. The number of carbonyl (C=O) groups excluding carboxylic acids is 1. The highest BCUT2D eigenvalue weighted by Gasteiger charge is 2.01. The second kappa shape index (κ2) is 7.22. The maximum Gasteiger partial charge on any atom is 0.133 e. The van der Waals surface area contributed by atoms with Crippen LogP contribution in [0.5, 0.6) is 0 Å². The SMILES string of the molecule is [2H]C(CCCC)C(=O)CCc1ccccc1. The van der Waals surface area contributed by atoms with Crippen molar-refractivity contribution in [3.05, 3.63) is 35.9 Å². The van der Waals surface area contributed by atoms with Crippen LogP contribution in [0.25, 0.3) is 0 Å². The molecule has 1 aromatic carbocycles. The van der Waals surface area contributed by atoms with Gasteiger partial charge in [0.2, 0.25) is 0 Å². The second-order valence-corrected chi connectivity index (χ2v) is 3.80. The normalized spacial score (nSPS) is 13.3. The van der Waals surface area contributed by atoms with Crippen LogP contribution in [0.15, 0.2) is 30.3 Å². The molecule has 82 valence electrons. The van der Waals surface area contributed by atoms with Crippen LogP contribution in [0.4, 0.5) is 0 Å². The summed E-state index contributed by atoms with van der Waals surface area (Å²) in [7, 11) is 0. The molecular formula is C14H20O. The van der Waals surface area contributed by atoms with E-state index in [0.29, 0.717) is 12.8 Å². The predicted octanol–water partition coefficient (Wildman–Crippen LogP) is 3.77. The Hall–Kier alpha value is -1.11. The fraction of sp³-hybridized carbons (Fsp3) is 0.500. The molecule has 0 spiro atoms. The van der Waals surface area contributed by atoms with Gasteiger partial charge in [0.25, 0.3) is 0 Å². The Morgan fingerprint density at radius 2 is 2.00 bits per heavy atom. The summed E-state index contributed by atoms with van der Waals surface area (Å²) in [6, 6.07) is 9.99. The second-order valence-electron chi connectivity index (χ2n) is 3.80. The van der Waals surface area contributed by atoms with Gasteiger partial charge in [-0.1, -0.05) is 50.1 Å². The van der Waals surface area contributed by atoms with Crippen LogP contribution in [0.1, 0.15) is 45.9 Å². The molecule has 0 saturated carbocycles. The van der Waals surface area contributed by atoms with E-state index in [0.717, 1.165) is 19.3 Å². The van der Waals surface area contributed by atoms with Gasteiger partial charge < -0.3 is 0 Å². The van der Waals surface area contributed by atoms with E-state index in [1.165, 1.54) is 5.56 Å². The van der Waals surface area contributed by atoms with Crippen LogP contribution in [0.3, 0.4) is 0 Å². The summed E-state index contributed by atoms with van der Waals surface area (Å²) in [4.78, 5) is 11.6. The molecule has 0 aliphatic carbocycles. The van der Waals surface area contributed by atoms with Gasteiger partial charge in [-0.3, -0.25) is 4.79 Å². The van der Waals surface area contributed by atoms with Crippen LogP contribution in [0, 0.1) is 0 Å². The molecule has 0 amide bonds. The fourth-order valence-electron chi connectivity index (χ4n) is 1.48. The van der Waals surface area contributed by atoms with Crippen LogP contribution in [-0.2, 0) is 11.2 Å². The van der Waals surface area contributed by atoms with Gasteiger partial charge in [-0.2, -0.15) is 0 Å². The number of Topliss-reactive ketones (excluding diaryl/α,β-unsaturated/α-hetero) is 1. The molecule has 0 saturated heterocycles. The van der Waals surface area contributed by atoms with E-state index < -0.39 is 6.40 Å². The van der Waals surface area contributed by atoms with Crippen molar-refractivity contribution in [3.8, 4) is 0 Å². The largest absolute Gasteiger partial charge is 0.300 e. The summed E-state index contributed by atoms with van der Waals surface area (Å²) in [5.41, 5.74) is 1.18. The van der Waals surface area contributed by atoms with E-state index in [1.807, 2.05) is 30.3 Å². The van der Waals surface area contributed by atoms with E-state index in [2.05, 4.69) is 6.92 Å². The Bertz CT molecular complexity index is 308. The van der Waals surface area contributed by atoms with Crippen LogP contribution in [-0.4, -0.2) is 5.78 Å². The van der Waals surface area contributed by atoms with Gasteiger partial charge in [-0.15, -0.1) is 0 Å². The van der Waals surface area contributed by atoms with Crippen LogP contribution < -0.4 is 0 Å². The molecule has 1 aromatic rings. The molecule has 0 aromatic heterocycles. The minimum Gasteiger partial charge on any atom is -0.300 e. The van der Waals surface area contributed by atoms with E-state index in [1.54, 1.807) is 0 Å². The Morgan fingerprint density at radius 1 is 1.27 bits per heavy atom. The number of hydrogen-bond donors (Lipinski definition) is 0. The third-order valence-corrected chi connectivity index (χ3v) is 2.43. The third-order valence-electron chi connectivity index (χ3n) is 2.43. The predicted molar refractivity (Wildman–Crippen MR) is 63.9 cm³/mol. The number of hydrogen-bond acceptors (Lipinski definition) is 1. The molecule has 0 radical (unpaired) electrons. The Labute approximate surface area is 93.9 Å². The topological polar surface area (TPSA) is 17.1 Å². The summed E-state index contributed by atoms with van der Waals surface area (Å²) in [5.74, 6) is 0.0808. The van der Waals surface area contributed by atoms with Crippen LogP contribution in [0.2, 0.25) is 0 Å². The smallest absolute Gasteiger partial charge is 0.133 e. The van der Waals surface area contributed by atoms with Crippen molar-refractivity contribution >= 4 is 5.78 Å². The molecule has 0 aliphatic rings. The van der Waals surface area contributed by atoms with Gasteiger partial charge in [0.05, 0.1) is 0 Å². The zero-order chi connectivity index (χ0) is 11.8. The standard InChI is InChI=1S/C14H20O/c1-2-3-5-10-14(15)12-11-13-8-6-4-7-9-13/h4,6-9H,2-3,5,10-12H2,1H3/i10D. The lowest BCUT2D eigenvalue weighted by Crippen LogP contribution is -1.99. The van der Waals surface area contributed by atoms with E-state index >= 15 is 0 Å². The molecule has 0 bridgehead atoms. The molecule has 1 heteroatoms. The first-order chi connectivity index (χ1) is 7.74. The lowest BCUT2D eigenvalue weighted by Gasteiger charge is -2.01. The number of aryl methyl sites for hydroxylation is 1. The van der Waals surface area contributed by atoms with Gasteiger partial charge in [-0.05, 0) is 18.4 Å². The molecule has 0 aliphatic heterocycles. The maximum absolute atomic E-state index is 11.6. The highest BCUT2D eigenvalue weighted by molar-refractivity contribution is 5.78. The number of benzene rings is 1. The fourth-order valence-corrected chi connectivity index (χ4v) is 1.48. The highest BCUT2D eigenvalue weighted by atomic mass is 16.1. The van der Waals surface area contributed by atoms with Crippen molar-refractivity contribution < 1.29 is 6.17 Å². The average Bonchev–Trinajstić information content (AvgIpc) is 2.34. The number of ketones is 1. The summed E-state index contributed by atoms with van der Waals surface area (Å²) in [6.45, 7) is 2.08. The Kier molecular flexibility index (Phi) is 5.01. The van der Waals surface area contributed by atoms with E-state index in [9.17, 15) is 4.79 Å². The zero-order valence-electron chi connectivity index (χ0n) is 10.4. The van der Waals surface area contributed by atoms with E-state index in [-0.39, 0.29) is 5.78 Å².